The Labute approximate surface area is 157 Å². The molecule has 0 radical (unpaired) electrons. The molecule has 0 saturated carbocycles. The highest BCUT2D eigenvalue weighted by Crippen LogP contribution is 2.39. The molecule has 1 aliphatic heterocycles. The van der Waals surface area contributed by atoms with Gasteiger partial charge >= 0.3 is 0 Å². The maximum absolute atomic E-state index is 13.2. The molecule has 2 aromatic carbocycles. The lowest BCUT2D eigenvalue weighted by Gasteiger charge is -2.25. The Bertz CT molecular complexity index is 885. The predicted octanol–water partition coefficient (Wildman–Crippen LogP) is 4.22. The highest BCUT2D eigenvalue weighted by Gasteiger charge is 2.45. The van der Waals surface area contributed by atoms with E-state index in [1.807, 2.05) is 38.1 Å². The maximum Gasteiger partial charge on any atom is 0.295 e. The van der Waals surface area contributed by atoms with Gasteiger partial charge in [0.2, 0.25) is 0 Å². The summed E-state index contributed by atoms with van der Waals surface area (Å²) in [7, 11) is 0. The summed E-state index contributed by atoms with van der Waals surface area (Å²) in [6, 6.07) is 12.3. The standard InChI is InChI=1S/C22H22FNO3/c1-3-13-24-19(15-7-5-14(4-2)6-8-15)18(21(26)22(24)27)20(25)16-9-11-17(23)12-10-16/h5-12,19,25H,3-4,13H2,1-2H3/b20-18-. The highest BCUT2D eigenvalue weighted by atomic mass is 19.1. The fraction of sp³-hybridized carbons (Fsp3) is 0.273. The van der Waals surface area contributed by atoms with Gasteiger partial charge < -0.3 is 10.0 Å². The van der Waals surface area contributed by atoms with Gasteiger partial charge in [-0.1, -0.05) is 38.1 Å². The number of ketones is 1. The summed E-state index contributed by atoms with van der Waals surface area (Å²) in [5.41, 5.74) is 2.26. The highest BCUT2D eigenvalue weighted by molar-refractivity contribution is 6.46. The van der Waals surface area contributed by atoms with E-state index in [1.54, 1.807) is 0 Å². The number of halogens is 1. The molecule has 3 rings (SSSR count). The zero-order chi connectivity index (χ0) is 19.6. The monoisotopic (exact) mass is 367 g/mol. The smallest absolute Gasteiger partial charge is 0.295 e. The maximum atomic E-state index is 13.2. The summed E-state index contributed by atoms with van der Waals surface area (Å²) >= 11 is 0. The van der Waals surface area contributed by atoms with E-state index in [9.17, 15) is 19.1 Å². The normalized spacial score (nSPS) is 18.9. The van der Waals surface area contributed by atoms with Crippen LogP contribution >= 0.6 is 0 Å². The van der Waals surface area contributed by atoms with Crippen LogP contribution in [0.1, 0.15) is 43.0 Å². The van der Waals surface area contributed by atoms with Gasteiger partial charge in [-0.05, 0) is 48.2 Å². The van der Waals surface area contributed by atoms with Gasteiger partial charge in [-0.15, -0.1) is 0 Å². The van der Waals surface area contributed by atoms with Gasteiger partial charge in [-0.2, -0.15) is 0 Å². The van der Waals surface area contributed by atoms with Crippen molar-refractivity contribution in [2.24, 2.45) is 0 Å². The third-order valence-corrected chi connectivity index (χ3v) is 4.83. The molecule has 1 aliphatic rings. The summed E-state index contributed by atoms with van der Waals surface area (Å²) in [5.74, 6) is -2.05. The Balaban J connectivity index is 2.15. The van der Waals surface area contributed by atoms with Gasteiger partial charge in [0.05, 0.1) is 11.6 Å². The predicted molar refractivity (Wildman–Crippen MR) is 102 cm³/mol. The van der Waals surface area contributed by atoms with Gasteiger partial charge in [0.25, 0.3) is 11.7 Å². The van der Waals surface area contributed by atoms with E-state index in [0.717, 1.165) is 17.5 Å². The molecule has 27 heavy (non-hydrogen) atoms. The molecule has 1 saturated heterocycles. The summed E-state index contributed by atoms with van der Waals surface area (Å²) in [6.07, 6.45) is 1.57. The van der Waals surface area contributed by atoms with E-state index < -0.39 is 23.5 Å². The van der Waals surface area contributed by atoms with Gasteiger partial charge in [0, 0.05) is 12.1 Å². The number of aliphatic hydroxyl groups excluding tert-OH is 1. The Morgan fingerprint density at radius 1 is 1.04 bits per heavy atom. The van der Waals surface area contributed by atoms with Crippen LogP contribution in [-0.2, 0) is 16.0 Å². The van der Waals surface area contributed by atoms with Gasteiger partial charge in [-0.25, -0.2) is 4.39 Å². The van der Waals surface area contributed by atoms with E-state index in [1.165, 1.54) is 29.2 Å². The minimum atomic E-state index is -0.713. The van der Waals surface area contributed by atoms with Crippen LogP contribution in [0.25, 0.3) is 5.76 Å². The van der Waals surface area contributed by atoms with Crippen molar-refractivity contribution in [3.63, 3.8) is 0 Å². The Kier molecular flexibility index (Phi) is 5.40. The first-order valence-electron chi connectivity index (χ1n) is 9.11. The van der Waals surface area contributed by atoms with Crippen LogP contribution in [0, 0.1) is 5.82 Å². The fourth-order valence-corrected chi connectivity index (χ4v) is 3.40. The zero-order valence-electron chi connectivity index (χ0n) is 15.4. The number of nitrogens with zero attached hydrogens (tertiary/aromatic N) is 1. The number of carbonyl (C=O) groups excluding carboxylic acids is 2. The quantitative estimate of drug-likeness (QED) is 0.489. The van der Waals surface area contributed by atoms with Crippen molar-refractivity contribution < 1.29 is 19.1 Å². The minimum absolute atomic E-state index is 0.0457. The van der Waals surface area contributed by atoms with Crippen molar-refractivity contribution in [1.82, 2.24) is 4.90 Å². The van der Waals surface area contributed by atoms with Crippen LogP contribution in [-0.4, -0.2) is 28.2 Å². The average molecular weight is 367 g/mol. The average Bonchev–Trinajstić information content (AvgIpc) is 2.93. The number of likely N-dealkylation sites (tertiary alicyclic amines) is 1. The van der Waals surface area contributed by atoms with Crippen LogP contribution in [0.2, 0.25) is 0 Å². The number of hydrogen-bond donors (Lipinski definition) is 1. The molecule has 5 heteroatoms. The molecule has 1 unspecified atom stereocenters. The van der Waals surface area contributed by atoms with Crippen molar-refractivity contribution in [1.29, 1.82) is 0 Å². The van der Waals surface area contributed by atoms with Gasteiger partial charge in [0.15, 0.2) is 0 Å². The summed E-state index contributed by atoms with van der Waals surface area (Å²) in [4.78, 5) is 26.8. The van der Waals surface area contributed by atoms with Crippen molar-refractivity contribution in [2.75, 3.05) is 6.54 Å². The van der Waals surface area contributed by atoms with Crippen molar-refractivity contribution in [3.05, 3.63) is 76.6 Å². The lowest BCUT2D eigenvalue weighted by molar-refractivity contribution is -0.139. The van der Waals surface area contributed by atoms with Crippen LogP contribution in [0.15, 0.2) is 54.1 Å². The molecule has 1 atom stereocenters. The van der Waals surface area contributed by atoms with E-state index in [2.05, 4.69) is 0 Å². The van der Waals surface area contributed by atoms with E-state index in [0.29, 0.717) is 18.5 Å². The number of amides is 1. The van der Waals surface area contributed by atoms with Gasteiger partial charge in [-0.3, -0.25) is 9.59 Å². The third-order valence-electron chi connectivity index (χ3n) is 4.83. The molecule has 0 spiro atoms. The first-order chi connectivity index (χ1) is 13.0. The molecular formula is C22H22FNO3. The molecule has 0 bridgehead atoms. The number of Topliss-reactive ketones (excluding diaryl/α,β-unsaturated/α-hetero) is 1. The lowest BCUT2D eigenvalue weighted by atomic mass is 9.94. The molecule has 0 aromatic heterocycles. The Morgan fingerprint density at radius 2 is 1.67 bits per heavy atom. The molecule has 140 valence electrons. The van der Waals surface area contributed by atoms with E-state index in [4.69, 9.17) is 0 Å². The van der Waals surface area contributed by atoms with Crippen molar-refractivity contribution >= 4 is 17.4 Å². The number of aliphatic hydroxyl groups is 1. The molecule has 4 nitrogen and oxygen atoms in total. The Hall–Kier alpha value is -2.95. The molecular weight excluding hydrogens is 345 g/mol. The minimum Gasteiger partial charge on any atom is -0.507 e. The summed E-state index contributed by atoms with van der Waals surface area (Å²) in [5, 5.41) is 10.8. The number of hydrogen-bond acceptors (Lipinski definition) is 3. The lowest BCUT2D eigenvalue weighted by Crippen LogP contribution is -2.30. The third kappa shape index (κ3) is 3.50. The summed E-state index contributed by atoms with van der Waals surface area (Å²) < 4.78 is 13.2. The second kappa shape index (κ2) is 7.74. The van der Waals surface area contributed by atoms with Crippen LogP contribution in [0.5, 0.6) is 0 Å². The molecule has 1 fully saturated rings. The van der Waals surface area contributed by atoms with E-state index in [-0.39, 0.29) is 11.3 Å². The van der Waals surface area contributed by atoms with Crippen LogP contribution < -0.4 is 0 Å². The topological polar surface area (TPSA) is 57.6 Å². The molecule has 2 aromatic rings. The Morgan fingerprint density at radius 3 is 2.22 bits per heavy atom. The first-order valence-corrected chi connectivity index (χ1v) is 9.11. The SMILES string of the molecule is CCCN1C(=O)C(=O)/C(=C(\O)c2ccc(F)cc2)C1c1ccc(CC)cc1. The number of aryl methyl sites for hydroxylation is 1. The summed E-state index contributed by atoms with van der Waals surface area (Å²) in [6.45, 7) is 4.38. The largest absolute Gasteiger partial charge is 0.507 e. The second-order valence-corrected chi connectivity index (χ2v) is 6.59. The van der Waals surface area contributed by atoms with Gasteiger partial charge in [0.1, 0.15) is 11.6 Å². The van der Waals surface area contributed by atoms with Crippen LogP contribution in [0.3, 0.4) is 0 Å². The molecule has 1 heterocycles. The number of rotatable bonds is 5. The number of benzene rings is 2. The van der Waals surface area contributed by atoms with Crippen molar-refractivity contribution in [3.8, 4) is 0 Å². The number of carbonyl (C=O) groups is 2. The zero-order valence-corrected chi connectivity index (χ0v) is 15.4. The van der Waals surface area contributed by atoms with Crippen LogP contribution in [0.4, 0.5) is 4.39 Å². The van der Waals surface area contributed by atoms with E-state index >= 15 is 0 Å². The molecule has 1 N–H and O–H groups in total. The fourth-order valence-electron chi connectivity index (χ4n) is 3.40. The van der Waals surface area contributed by atoms with Crippen molar-refractivity contribution in [2.45, 2.75) is 32.7 Å². The molecule has 1 amide bonds. The second-order valence-electron chi connectivity index (χ2n) is 6.59. The first kappa shape index (κ1) is 18.8. The molecule has 0 aliphatic carbocycles.